The molecule has 91 heavy (non-hydrogen) atoms. The first-order valence-electron chi connectivity index (χ1n) is 31.0. The Bertz CT molecular complexity index is 2800. The molecule has 0 aromatic heterocycles. The quantitative estimate of drug-likeness (QED) is 0.0151. The first-order valence-corrected chi connectivity index (χ1v) is 32.4. The average molecular weight is 1290 g/mol. The molecule has 5 rings (SSSR count). The Balaban J connectivity index is 1.58. The van der Waals surface area contributed by atoms with E-state index in [0.29, 0.717) is 17.5 Å². The van der Waals surface area contributed by atoms with Crippen molar-refractivity contribution in [3.8, 4) is 12.3 Å². The number of esters is 4. The number of phosphoric ester groups is 1. The summed E-state index contributed by atoms with van der Waals surface area (Å²) in [5.41, 5.74) is 1.97. The molecule has 2 aliphatic heterocycles. The number of terminal acetylenes is 1. The minimum atomic E-state index is -4.81. The van der Waals surface area contributed by atoms with Crippen LogP contribution in [0, 0.1) is 18.3 Å². The van der Waals surface area contributed by atoms with Crippen molar-refractivity contribution in [2.45, 2.75) is 200 Å². The van der Waals surface area contributed by atoms with Crippen molar-refractivity contribution < 1.29 is 99.1 Å². The lowest BCUT2D eigenvalue weighted by Gasteiger charge is -2.47. The van der Waals surface area contributed by atoms with Crippen LogP contribution in [0.4, 0.5) is 0 Å². The van der Waals surface area contributed by atoms with E-state index in [2.05, 4.69) is 27.2 Å². The van der Waals surface area contributed by atoms with E-state index in [1.54, 1.807) is 109 Å². The van der Waals surface area contributed by atoms with Gasteiger partial charge in [-0.3, -0.25) is 51.9 Å². The molecule has 4 N–H and O–H groups in total. The number of nitrogens with one attached hydrogen (secondary N) is 4. The van der Waals surface area contributed by atoms with Gasteiger partial charge in [0.1, 0.15) is 42.6 Å². The van der Waals surface area contributed by atoms with E-state index in [-0.39, 0.29) is 104 Å². The lowest BCUT2D eigenvalue weighted by atomic mass is 9.88. The highest BCUT2D eigenvalue weighted by molar-refractivity contribution is 7.48. The van der Waals surface area contributed by atoms with Crippen molar-refractivity contribution in [1.82, 2.24) is 21.3 Å². The summed E-state index contributed by atoms with van der Waals surface area (Å²) in [4.78, 5) is 106. The minimum Gasteiger partial charge on any atom is -0.462 e. The Morgan fingerprint density at radius 3 is 1.48 bits per heavy atom. The van der Waals surface area contributed by atoms with Crippen LogP contribution >= 0.6 is 7.82 Å². The largest absolute Gasteiger partial charge is 0.475 e. The summed E-state index contributed by atoms with van der Waals surface area (Å²) in [7, 11) is -4.81. The molecular weight excluding hydrogens is 1200 g/mol. The predicted octanol–water partition coefficient (Wildman–Crippen LogP) is 6.75. The fourth-order valence-corrected chi connectivity index (χ4v) is 10.8. The second-order valence-corrected chi connectivity index (χ2v) is 23.1. The van der Waals surface area contributed by atoms with E-state index in [1.807, 2.05) is 30.3 Å². The van der Waals surface area contributed by atoms with Crippen LogP contribution in [-0.2, 0) is 119 Å². The molecule has 0 spiro atoms. The van der Waals surface area contributed by atoms with E-state index in [1.165, 1.54) is 0 Å². The molecule has 2 fully saturated rings. The van der Waals surface area contributed by atoms with Crippen molar-refractivity contribution in [3.05, 3.63) is 108 Å². The molecule has 0 saturated carbocycles. The van der Waals surface area contributed by atoms with Crippen LogP contribution in [0.25, 0.3) is 0 Å². The second-order valence-electron chi connectivity index (χ2n) is 21.5. The minimum absolute atomic E-state index is 0.00441. The SMILES string of the molecule is C#CCNC(=O)CCC(=O)NCCO[C@@H]1OC(CO[C@@H]2OC(COCc3ccccc3)[C@@H](OP(=O)(OCc3ccccc3)OCc3ccccc3)[C@H](OC(=O)CC)C2NC(=O)C[C@@H](CC)OC(=O)CC)[C@@H](C)[C@H](OC(=O)CC)C1NC(=O)C[C@@H](CC)OC(=O)CC. The number of carbonyl (C=O) groups is 8. The van der Waals surface area contributed by atoms with Gasteiger partial charge in [0.15, 0.2) is 18.7 Å². The molecule has 3 aromatic rings. The first kappa shape index (κ1) is 74.6. The number of carbonyl (C=O) groups excluding carboxylic acids is 8. The van der Waals surface area contributed by atoms with E-state index in [0.717, 1.165) is 5.56 Å². The van der Waals surface area contributed by atoms with Gasteiger partial charge in [0.05, 0.1) is 65.1 Å². The molecule has 500 valence electrons. The summed E-state index contributed by atoms with van der Waals surface area (Å²) >= 11 is 0. The molecule has 0 bridgehead atoms. The number of amides is 4. The summed E-state index contributed by atoms with van der Waals surface area (Å²) < 4.78 is 90.5. The van der Waals surface area contributed by atoms with Gasteiger partial charge in [0, 0.05) is 51.0 Å². The van der Waals surface area contributed by atoms with Gasteiger partial charge in [-0.15, -0.1) is 6.42 Å². The number of rotatable bonds is 39. The molecule has 26 heteroatoms. The summed E-state index contributed by atoms with van der Waals surface area (Å²) in [6, 6.07) is 24.0. The van der Waals surface area contributed by atoms with Gasteiger partial charge in [0.25, 0.3) is 0 Å². The van der Waals surface area contributed by atoms with Gasteiger partial charge in [-0.05, 0) is 29.5 Å². The van der Waals surface area contributed by atoms with E-state index < -0.39 is 135 Å². The van der Waals surface area contributed by atoms with Crippen molar-refractivity contribution in [1.29, 1.82) is 0 Å². The molecule has 0 aliphatic carbocycles. The highest BCUT2D eigenvalue weighted by Crippen LogP contribution is 2.54. The Hall–Kier alpha value is -7.11. The molecule has 4 amide bonds. The van der Waals surface area contributed by atoms with Gasteiger partial charge in [0.2, 0.25) is 23.6 Å². The zero-order valence-corrected chi connectivity index (χ0v) is 53.8. The second kappa shape index (κ2) is 40.0. The molecule has 2 saturated heterocycles. The van der Waals surface area contributed by atoms with Crippen molar-refractivity contribution in [2.75, 3.05) is 32.9 Å². The molecule has 0 radical (unpaired) electrons. The van der Waals surface area contributed by atoms with Crippen LogP contribution in [-0.4, -0.2) is 148 Å². The highest BCUT2D eigenvalue weighted by atomic mass is 31.2. The highest BCUT2D eigenvalue weighted by Gasteiger charge is 2.54. The maximum absolute atomic E-state index is 15.4. The van der Waals surface area contributed by atoms with E-state index >= 15 is 4.57 Å². The smallest absolute Gasteiger partial charge is 0.462 e. The van der Waals surface area contributed by atoms with Crippen LogP contribution in [0.3, 0.4) is 0 Å². The number of hydrogen-bond donors (Lipinski definition) is 4. The molecule has 3 aromatic carbocycles. The number of hydrogen-bond acceptors (Lipinski definition) is 21. The Labute approximate surface area is 532 Å². The van der Waals surface area contributed by atoms with Gasteiger partial charge in [-0.2, -0.15) is 0 Å². The number of ether oxygens (including phenoxy) is 9. The van der Waals surface area contributed by atoms with Crippen LogP contribution in [0.15, 0.2) is 91.0 Å². The summed E-state index contributed by atoms with van der Waals surface area (Å²) in [6.07, 6.45) is -7.21. The maximum Gasteiger partial charge on any atom is 0.475 e. The topological polar surface area (TPSA) is 313 Å². The molecular formula is C65H89N4O21P. The van der Waals surface area contributed by atoms with Crippen molar-refractivity contribution in [2.24, 2.45) is 5.92 Å². The molecule has 4 unspecified atom stereocenters. The lowest BCUT2D eigenvalue weighted by molar-refractivity contribution is -0.299. The average Bonchev–Trinajstić information content (AvgIpc) is 0.972. The molecule has 25 nitrogen and oxygen atoms in total. The number of phosphoric acid groups is 1. The lowest BCUT2D eigenvalue weighted by Crippen LogP contribution is -2.67. The molecule has 2 heterocycles. The summed E-state index contributed by atoms with van der Waals surface area (Å²) in [6.45, 7) is 9.82. The molecule has 2 aliphatic rings. The van der Waals surface area contributed by atoms with Crippen LogP contribution in [0.5, 0.6) is 0 Å². The third kappa shape index (κ3) is 25.8. The van der Waals surface area contributed by atoms with Gasteiger partial charge >= 0.3 is 31.7 Å². The fourth-order valence-electron chi connectivity index (χ4n) is 9.47. The summed E-state index contributed by atoms with van der Waals surface area (Å²) in [5, 5.41) is 11.0. The van der Waals surface area contributed by atoms with Crippen LogP contribution in [0.2, 0.25) is 0 Å². The Kier molecular flexibility index (Phi) is 32.8. The number of benzene rings is 3. The third-order valence-corrected chi connectivity index (χ3v) is 16.0. The predicted molar refractivity (Wildman–Crippen MR) is 328 cm³/mol. The normalized spacial score (nSPS) is 22.0. The van der Waals surface area contributed by atoms with Gasteiger partial charge < -0.3 is 63.9 Å². The van der Waals surface area contributed by atoms with Gasteiger partial charge in [-0.25, -0.2) is 4.57 Å². The fraction of sp³-hybridized carbons (Fsp3) is 0.569. The Morgan fingerprint density at radius 2 is 1.00 bits per heavy atom. The monoisotopic (exact) mass is 1290 g/mol. The van der Waals surface area contributed by atoms with Crippen LogP contribution in [0.1, 0.15) is 129 Å². The van der Waals surface area contributed by atoms with Gasteiger partial charge in [-0.1, -0.05) is 145 Å². The van der Waals surface area contributed by atoms with Crippen molar-refractivity contribution >= 4 is 55.3 Å². The zero-order valence-electron chi connectivity index (χ0n) is 52.9. The van der Waals surface area contributed by atoms with E-state index in [4.69, 9.17) is 62.6 Å². The van der Waals surface area contributed by atoms with E-state index in [9.17, 15) is 38.4 Å². The van der Waals surface area contributed by atoms with Crippen LogP contribution < -0.4 is 21.3 Å². The molecule has 12 atom stereocenters. The Morgan fingerprint density at radius 1 is 0.549 bits per heavy atom. The zero-order chi connectivity index (χ0) is 66.1. The van der Waals surface area contributed by atoms with Crippen molar-refractivity contribution in [3.63, 3.8) is 0 Å². The maximum atomic E-state index is 15.4. The standard InChI is InChI=1S/C65H89N4O21P/c1-9-33-66-51(70)31-32-52(71)67-34-35-80-64-59(68-53(72)36-47(10-2)84-55(74)12-4)61(88-57(76)14-6)43(8)49(86-64)42-81-65-60(69-54(73)37-48(11-3)85-56(75)13-5)63(89-58(77)15-7)62(50(87-65)41-79-38-44-25-19-16-20-26-44)90-91(78,82-39-45-27-21-17-22-28-45)83-40-46-29-23-18-24-30-46/h1,16-30,43,47-50,59-65H,10-15,31-42H2,2-8H3,(H,66,70)(H,67,71)(H,68,72)(H,69,73)/t43-,47-,48-,49?,50?,59?,60?,61+,62-,63-,64-,65-/m1/s1. The third-order valence-electron chi connectivity index (χ3n) is 14.6. The first-order chi connectivity index (χ1) is 43.8. The summed E-state index contributed by atoms with van der Waals surface area (Å²) in [5.74, 6) is -3.31.